The predicted molar refractivity (Wildman–Crippen MR) is 72.8 cm³/mol. The maximum atomic E-state index is 6.15. The molecule has 1 nitrogen and oxygen atoms in total. The molecule has 0 aliphatic heterocycles. The summed E-state index contributed by atoms with van der Waals surface area (Å²) in [4.78, 5) is 0. The normalized spacial score (nSPS) is 17.6. The number of hydrogen-bond donors (Lipinski definition) is 1. The molecule has 0 bridgehead atoms. The predicted octanol–water partition coefficient (Wildman–Crippen LogP) is 3.80. The Hall–Kier alpha value is -0.340. The first kappa shape index (κ1) is 12.1. The highest BCUT2D eigenvalue weighted by molar-refractivity contribution is 9.10. The van der Waals surface area contributed by atoms with E-state index in [9.17, 15) is 0 Å². The summed E-state index contributed by atoms with van der Waals surface area (Å²) in [5.74, 6) is 0. The van der Waals surface area contributed by atoms with Crippen LogP contribution in [0.5, 0.6) is 0 Å². The van der Waals surface area contributed by atoms with Crippen molar-refractivity contribution in [3.63, 3.8) is 0 Å². The first-order chi connectivity index (χ1) is 7.43. The largest absolute Gasteiger partial charge is 0.325 e. The fourth-order valence-electron chi connectivity index (χ4n) is 2.37. The number of rotatable bonds is 3. The van der Waals surface area contributed by atoms with Crippen LogP contribution in [0.15, 0.2) is 10.5 Å². The molecule has 2 heteroatoms. The van der Waals surface area contributed by atoms with Gasteiger partial charge in [-0.1, -0.05) is 22.0 Å². The summed E-state index contributed by atoms with van der Waals surface area (Å²) in [6, 6.07) is 2.27. The van der Waals surface area contributed by atoms with Gasteiger partial charge < -0.3 is 5.73 Å². The molecule has 0 atom stereocenters. The lowest BCUT2D eigenvalue weighted by atomic mass is 9.94. The van der Waals surface area contributed by atoms with E-state index >= 15 is 0 Å². The molecule has 0 aromatic heterocycles. The third-order valence-electron chi connectivity index (χ3n) is 3.80. The second-order valence-corrected chi connectivity index (χ2v) is 6.08. The van der Waals surface area contributed by atoms with Gasteiger partial charge in [-0.25, -0.2) is 0 Å². The van der Waals surface area contributed by atoms with Gasteiger partial charge in [0, 0.05) is 10.0 Å². The van der Waals surface area contributed by atoms with Crippen molar-refractivity contribution in [1.82, 2.24) is 0 Å². The number of aryl methyl sites for hydroxylation is 2. The molecule has 1 fully saturated rings. The average molecular weight is 282 g/mol. The molecular formula is C14H20BrN. The molecule has 2 rings (SSSR count). The summed E-state index contributed by atoms with van der Waals surface area (Å²) in [5.41, 5.74) is 11.9. The van der Waals surface area contributed by atoms with Crippen LogP contribution in [0.2, 0.25) is 0 Å². The summed E-state index contributed by atoms with van der Waals surface area (Å²) in [6.45, 7) is 6.56. The molecule has 2 N–H and O–H groups in total. The fraction of sp³-hybridized carbons (Fsp3) is 0.571. The molecular weight excluding hydrogens is 262 g/mol. The second-order valence-electron chi connectivity index (χ2n) is 5.29. The minimum absolute atomic E-state index is 0.163. The average Bonchev–Trinajstić information content (AvgIpc) is 2.93. The van der Waals surface area contributed by atoms with E-state index in [1.54, 1.807) is 0 Å². The van der Waals surface area contributed by atoms with E-state index in [0.717, 1.165) is 12.8 Å². The van der Waals surface area contributed by atoms with Gasteiger partial charge in [0.05, 0.1) is 0 Å². The molecule has 1 saturated carbocycles. The topological polar surface area (TPSA) is 26.0 Å². The monoisotopic (exact) mass is 281 g/mol. The third kappa shape index (κ3) is 2.33. The lowest BCUT2D eigenvalue weighted by molar-refractivity contribution is 0.607. The highest BCUT2D eigenvalue weighted by Gasteiger charge is 2.37. The maximum absolute atomic E-state index is 6.15. The SMILES string of the molecule is Cc1cc(C)c(CCC2(N)CC2)c(C)c1Br. The molecule has 0 heterocycles. The molecule has 0 radical (unpaired) electrons. The van der Waals surface area contributed by atoms with Crippen LogP contribution in [0, 0.1) is 20.8 Å². The van der Waals surface area contributed by atoms with Gasteiger partial charge in [-0.05, 0) is 68.7 Å². The van der Waals surface area contributed by atoms with Gasteiger partial charge in [0.15, 0.2) is 0 Å². The summed E-state index contributed by atoms with van der Waals surface area (Å²) in [6.07, 6.45) is 4.66. The zero-order valence-corrected chi connectivity index (χ0v) is 11.9. The smallest absolute Gasteiger partial charge is 0.0236 e. The Morgan fingerprint density at radius 3 is 2.44 bits per heavy atom. The van der Waals surface area contributed by atoms with E-state index in [4.69, 9.17) is 5.73 Å². The lowest BCUT2D eigenvalue weighted by Gasteiger charge is -2.16. The van der Waals surface area contributed by atoms with E-state index in [0.29, 0.717) is 0 Å². The van der Waals surface area contributed by atoms with Crippen LogP contribution >= 0.6 is 15.9 Å². The van der Waals surface area contributed by atoms with Crippen molar-refractivity contribution >= 4 is 15.9 Å². The number of halogens is 1. The Morgan fingerprint density at radius 1 is 1.25 bits per heavy atom. The van der Waals surface area contributed by atoms with Crippen LogP contribution in [0.25, 0.3) is 0 Å². The molecule has 16 heavy (non-hydrogen) atoms. The van der Waals surface area contributed by atoms with Gasteiger partial charge in [-0.2, -0.15) is 0 Å². The zero-order valence-electron chi connectivity index (χ0n) is 10.4. The van der Waals surface area contributed by atoms with Crippen LogP contribution < -0.4 is 5.73 Å². The zero-order chi connectivity index (χ0) is 11.9. The minimum atomic E-state index is 0.163. The lowest BCUT2D eigenvalue weighted by Crippen LogP contribution is -2.22. The van der Waals surface area contributed by atoms with Crippen LogP contribution in [0.1, 0.15) is 41.5 Å². The molecule has 0 unspecified atom stereocenters. The Labute approximate surface area is 107 Å². The van der Waals surface area contributed by atoms with Crippen LogP contribution in [-0.4, -0.2) is 5.54 Å². The van der Waals surface area contributed by atoms with E-state index in [2.05, 4.69) is 42.8 Å². The Kier molecular flexibility index (Phi) is 3.15. The Balaban J connectivity index is 2.22. The van der Waals surface area contributed by atoms with Crippen molar-refractivity contribution in [2.45, 2.75) is 52.0 Å². The summed E-state index contributed by atoms with van der Waals surface area (Å²) < 4.78 is 1.26. The minimum Gasteiger partial charge on any atom is -0.325 e. The van der Waals surface area contributed by atoms with E-state index in [1.807, 2.05) is 0 Å². The van der Waals surface area contributed by atoms with Crippen LogP contribution in [0.4, 0.5) is 0 Å². The van der Waals surface area contributed by atoms with Gasteiger partial charge in [0.2, 0.25) is 0 Å². The van der Waals surface area contributed by atoms with Gasteiger partial charge in [0.25, 0.3) is 0 Å². The van der Waals surface area contributed by atoms with Gasteiger partial charge in [0.1, 0.15) is 0 Å². The van der Waals surface area contributed by atoms with Crippen molar-refractivity contribution in [3.8, 4) is 0 Å². The van der Waals surface area contributed by atoms with E-state index < -0.39 is 0 Å². The fourth-order valence-corrected chi connectivity index (χ4v) is 2.72. The number of benzene rings is 1. The van der Waals surface area contributed by atoms with E-state index in [1.165, 1.54) is 39.6 Å². The van der Waals surface area contributed by atoms with Crippen molar-refractivity contribution < 1.29 is 0 Å². The second kappa shape index (κ2) is 4.15. The third-order valence-corrected chi connectivity index (χ3v) is 5.02. The molecule has 1 aliphatic rings. The molecule has 1 aromatic carbocycles. The highest BCUT2D eigenvalue weighted by atomic mass is 79.9. The number of hydrogen-bond acceptors (Lipinski definition) is 1. The highest BCUT2D eigenvalue weighted by Crippen LogP contribution is 2.38. The molecule has 1 aromatic rings. The summed E-state index contributed by atoms with van der Waals surface area (Å²) >= 11 is 3.67. The van der Waals surface area contributed by atoms with Gasteiger partial charge >= 0.3 is 0 Å². The summed E-state index contributed by atoms with van der Waals surface area (Å²) in [7, 11) is 0. The molecule has 0 spiro atoms. The maximum Gasteiger partial charge on any atom is 0.0236 e. The van der Waals surface area contributed by atoms with E-state index in [-0.39, 0.29) is 5.54 Å². The Morgan fingerprint density at radius 2 is 1.88 bits per heavy atom. The number of nitrogens with two attached hydrogens (primary N) is 1. The van der Waals surface area contributed by atoms with Crippen molar-refractivity contribution in [2.24, 2.45) is 5.73 Å². The molecule has 0 saturated heterocycles. The summed E-state index contributed by atoms with van der Waals surface area (Å²) in [5, 5.41) is 0. The van der Waals surface area contributed by atoms with Crippen molar-refractivity contribution in [3.05, 3.63) is 32.8 Å². The standard InChI is InChI=1S/C14H20BrN/c1-9-8-10(2)13(15)11(3)12(9)4-5-14(16)6-7-14/h8H,4-7,16H2,1-3H3. The van der Waals surface area contributed by atoms with Gasteiger partial charge in [-0.3, -0.25) is 0 Å². The molecule has 1 aliphatic carbocycles. The quantitative estimate of drug-likeness (QED) is 0.896. The van der Waals surface area contributed by atoms with Crippen LogP contribution in [-0.2, 0) is 6.42 Å². The van der Waals surface area contributed by atoms with Gasteiger partial charge in [-0.15, -0.1) is 0 Å². The Bertz CT molecular complexity index is 419. The first-order valence-electron chi connectivity index (χ1n) is 5.97. The van der Waals surface area contributed by atoms with Crippen LogP contribution in [0.3, 0.4) is 0 Å². The van der Waals surface area contributed by atoms with Crippen molar-refractivity contribution in [1.29, 1.82) is 0 Å². The van der Waals surface area contributed by atoms with Crippen molar-refractivity contribution in [2.75, 3.05) is 0 Å². The first-order valence-corrected chi connectivity index (χ1v) is 6.76. The molecule has 88 valence electrons. The molecule has 0 amide bonds.